The lowest BCUT2D eigenvalue weighted by molar-refractivity contribution is 0.0945. The van der Waals surface area contributed by atoms with Crippen molar-refractivity contribution in [2.45, 2.75) is 6.54 Å². The van der Waals surface area contributed by atoms with Gasteiger partial charge in [0.15, 0.2) is 0 Å². The molecule has 0 aliphatic carbocycles. The van der Waals surface area contributed by atoms with Crippen LogP contribution in [0.15, 0.2) is 30.6 Å². The molecule has 0 unspecified atom stereocenters. The van der Waals surface area contributed by atoms with E-state index in [9.17, 15) is 4.79 Å². The average Bonchev–Trinajstić information content (AvgIpc) is 2.78. The van der Waals surface area contributed by atoms with Gasteiger partial charge >= 0.3 is 0 Å². The number of aromatic nitrogens is 3. The van der Waals surface area contributed by atoms with Gasteiger partial charge in [-0.3, -0.25) is 9.78 Å². The van der Waals surface area contributed by atoms with E-state index in [1.165, 1.54) is 0 Å². The van der Waals surface area contributed by atoms with Gasteiger partial charge in [0.05, 0.1) is 18.4 Å². The molecule has 100 valence electrons. The third-order valence-corrected chi connectivity index (χ3v) is 2.79. The molecule has 2 aromatic rings. The first kappa shape index (κ1) is 13.1. The third-order valence-electron chi connectivity index (χ3n) is 2.79. The molecular formula is C13H17N5O. The zero-order valence-corrected chi connectivity index (χ0v) is 11.3. The second-order valence-electron chi connectivity index (χ2n) is 4.40. The fourth-order valence-corrected chi connectivity index (χ4v) is 1.77. The molecule has 0 bridgehead atoms. The Morgan fingerprint density at radius 1 is 1.37 bits per heavy atom. The Bertz CT molecular complexity index is 562. The molecule has 0 aliphatic heterocycles. The quantitative estimate of drug-likeness (QED) is 0.882. The molecule has 0 saturated carbocycles. The fourth-order valence-electron chi connectivity index (χ4n) is 1.77. The second kappa shape index (κ2) is 5.51. The molecule has 1 amide bonds. The van der Waals surface area contributed by atoms with Crippen LogP contribution in [0.4, 0.5) is 5.95 Å². The number of amides is 1. The topological polar surface area (TPSA) is 63.1 Å². The number of anilines is 1. The fraction of sp³-hybridized carbons (Fsp3) is 0.308. The number of nitrogens with zero attached hydrogens (tertiary/aromatic N) is 4. The highest BCUT2D eigenvalue weighted by Crippen LogP contribution is 2.10. The molecule has 0 spiro atoms. The van der Waals surface area contributed by atoms with Gasteiger partial charge in [0.25, 0.3) is 5.91 Å². The van der Waals surface area contributed by atoms with Crippen molar-refractivity contribution in [3.63, 3.8) is 0 Å². The molecule has 0 saturated heterocycles. The molecule has 0 radical (unpaired) electrons. The molecule has 2 aromatic heterocycles. The van der Waals surface area contributed by atoms with Gasteiger partial charge < -0.3 is 14.8 Å². The number of hydrogen-bond acceptors (Lipinski definition) is 4. The van der Waals surface area contributed by atoms with Crippen LogP contribution in [0.2, 0.25) is 0 Å². The number of carbonyl (C=O) groups is 1. The second-order valence-corrected chi connectivity index (χ2v) is 4.40. The molecule has 0 fully saturated rings. The predicted octanol–water partition coefficient (Wildman–Crippen LogP) is 0.811. The van der Waals surface area contributed by atoms with E-state index >= 15 is 0 Å². The van der Waals surface area contributed by atoms with E-state index in [1.807, 2.05) is 30.6 Å². The highest BCUT2D eigenvalue weighted by Gasteiger charge is 2.10. The minimum atomic E-state index is -0.187. The summed E-state index contributed by atoms with van der Waals surface area (Å²) in [5, 5.41) is 2.83. The van der Waals surface area contributed by atoms with Gasteiger partial charge in [-0.25, -0.2) is 4.98 Å². The van der Waals surface area contributed by atoms with Crippen molar-refractivity contribution >= 4 is 11.9 Å². The summed E-state index contributed by atoms with van der Waals surface area (Å²) in [6, 6.07) is 5.25. The van der Waals surface area contributed by atoms with Crippen molar-refractivity contribution in [3.8, 4) is 0 Å². The highest BCUT2D eigenvalue weighted by atomic mass is 16.1. The van der Waals surface area contributed by atoms with E-state index < -0.39 is 0 Å². The Morgan fingerprint density at radius 3 is 2.74 bits per heavy atom. The van der Waals surface area contributed by atoms with Gasteiger partial charge in [0.1, 0.15) is 5.69 Å². The number of imidazole rings is 1. The molecule has 2 heterocycles. The molecule has 1 N–H and O–H groups in total. The SMILES string of the molecule is CN(C)c1ncc(CNC(=O)c2ccccn2)n1C. The lowest BCUT2D eigenvalue weighted by atomic mass is 10.3. The highest BCUT2D eigenvalue weighted by molar-refractivity contribution is 5.92. The van der Waals surface area contributed by atoms with E-state index in [4.69, 9.17) is 0 Å². The summed E-state index contributed by atoms with van der Waals surface area (Å²) in [4.78, 5) is 22.1. The van der Waals surface area contributed by atoms with Crippen LogP contribution in [0.3, 0.4) is 0 Å². The van der Waals surface area contributed by atoms with Crippen molar-refractivity contribution < 1.29 is 4.79 Å². The molecule has 6 nitrogen and oxygen atoms in total. The van der Waals surface area contributed by atoms with Crippen molar-refractivity contribution in [2.75, 3.05) is 19.0 Å². The summed E-state index contributed by atoms with van der Waals surface area (Å²) in [7, 11) is 5.78. The van der Waals surface area contributed by atoms with Gasteiger partial charge in [-0.2, -0.15) is 0 Å². The summed E-state index contributed by atoms with van der Waals surface area (Å²) >= 11 is 0. The van der Waals surface area contributed by atoms with Crippen LogP contribution in [0.1, 0.15) is 16.2 Å². The summed E-state index contributed by atoms with van der Waals surface area (Å²) in [6.45, 7) is 0.423. The minimum absolute atomic E-state index is 0.187. The number of rotatable bonds is 4. The van der Waals surface area contributed by atoms with E-state index in [0.717, 1.165) is 11.6 Å². The van der Waals surface area contributed by atoms with Gasteiger partial charge in [0, 0.05) is 27.3 Å². The zero-order chi connectivity index (χ0) is 13.8. The lowest BCUT2D eigenvalue weighted by Crippen LogP contribution is -2.25. The molecular weight excluding hydrogens is 242 g/mol. The van der Waals surface area contributed by atoms with E-state index in [1.54, 1.807) is 30.6 Å². The summed E-state index contributed by atoms with van der Waals surface area (Å²) in [5.74, 6) is 0.662. The van der Waals surface area contributed by atoms with Crippen LogP contribution in [0.25, 0.3) is 0 Å². The smallest absolute Gasteiger partial charge is 0.270 e. The van der Waals surface area contributed by atoms with Crippen molar-refractivity contribution in [3.05, 3.63) is 42.0 Å². The van der Waals surface area contributed by atoms with Crippen molar-refractivity contribution in [1.29, 1.82) is 0 Å². The zero-order valence-electron chi connectivity index (χ0n) is 11.3. The first-order chi connectivity index (χ1) is 9.09. The maximum absolute atomic E-state index is 11.9. The summed E-state index contributed by atoms with van der Waals surface area (Å²) < 4.78 is 1.94. The van der Waals surface area contributed by atoms with Crippen molar-refractivity contribution in [2.24, 2.45) is 7.05 Å². The lowest BCUT2D eigenvalue weighted by Gasteiger charge is -2.12. The minimum Gasteiger partial charge on any atom is -0.348 e. The van der Waals surface area contributed by atoms with Crippen LogP contribution in [-0.2, 0) is 13.6 Å². The molecule has 19 heavy (non-hydrogen) atoms. The first-order valence-electron chi connectivity index (χ1n) is 5.96. The van der Waals surface area contributed by atoms with Gasteiger partial charge in [-0.1, -0.05) is 6.07 Å². The van der Waals surface area contributed by atoms with Gasteiger partial charge in [-0.05, 0) is 12.1 Å². The average molecular weight is 259 g/mol. The largest absolute Gasteiger partial charge is 0.348 e. The number of hydrogen-bond donors (Lipinski definition) is 1. The molecule has 0 atom stereocenters. The number of pyridine rings is 1. The Hall–Kier alpha value is -2.37. The predicted molar refractivity (Wildman–Crippen MR) is 72.9 cm³/mol. The Kier molecular flexibility index (Phi) is 3.79. The summed E-state index contributed by atoms with van der Waals surface area (Å²) in [6.07, 6.45) is 3.36. The van der Waals surface area contributed by atoms with Gasteiger partial charge in [0.2, 0.25) is 5.95 Å². The molecule has 0 aromatic carbocycles. The molecule has 2 rings (SSSR count). The number of nitrogens with one attached hydrogen (secondary N) is 1. The van der Waals surface area contributed by atoms with Crippen molar-refractivity contribution in [1.82, 2.24) is 19.9 Å². The van der Waals surface area contributed by atoms with E-state index in [-0.39, 0.29) is 5.91 Å². The van der Waals surface area contributed by atoms with Crippen LogP contribution in [-0.4, -0.2) is 34.5 Å². The first-order valence-corrected chi connectivity index (χ1v) is 5.96. The standard InChI is InChI=1S/C13H17N5O/c1-17(2)13-16-9-10(18(13)3)8-15-12(19)11-6-4-5-7-14-11/h4-7,9H,8H2,1-3H3,(H,15,19). The maximum Gasteiger partial charge on any atom is 0.270 e. The number of carbonyl (C=O) groups excluding carboxylic acids is 1. The Labute approximate surface area is 112 Å². The monoisotopic (exact) mass is 259 g/mol. The van der Waals surface area contributed by atoms with Crippen LogP contribution in [0, 0.1) is 0 Å². The normalized spacial score (nSPS) is 10.3. The van der Waals surface area contributed by atoms with E-state index in [0.29, 0.717) is 12.2 Å². The Morgan fingerprint density at radius 2 is 2.16 bits per heavy atom. The van der Waals surface area contributed by atoms with E-state index in [2.05, 4.69) is 15.3 Å². The Balaban J connectivity index is 2.02. The third kappa shape index (κ3) is 2.90. The van der Waals surface area contributed by atoms with Crippen LogP contribution < -0.4 is 10.2 Å². The van der Waals surface area contributed by atoms with Crippen LogP contribution >= 0.6 is 0 Å². The van der Waals surface area contributed by atoms with Gasteiger partial charge in [-0.15, -0.1) is 0 Å². The molecule has 0 aliphatic rings. The van der Waals surface area contributed by atoms with Crippen LogP contribution in [0.5, 0.6) is 0 Å². The molecule has 6 heteroatoms. The maximum atomic E-state index is 11.9. The summed E-state index contributed by atoms with van der Waals surface area (Å²) in [5.41, 5.74) is 1.35.